The molecule has 0 aromatic heterocycles. The standard InChI is InChI=1S/C23H26N2O3/c1-24-12-18-13-25(23(26)17-5-8-21-16(11-17)9-10-28-21)14-20(18)22(24)15-3-6-19(27-2)7-4-15/h3-8,11,18,20,22H,9-10,12-14H2,1-2H3/t18-,20+,22+/m0/s1. The fourth-order valence-corrected chi connectivity index (χ4v) is 5.23. The van der Waals surface area contributed by atoms with Crippen LogP contribution < -0.4 is 9.47 Å². The van der Waals surface area contributed by atoms with Gasteiger partial charge in [-0.1, -0.05) is 12.1 Å². The third-order valence-electron chi connectivity index (χ3n) is 6.58. The molecule has 5 nitrogen and oxygen atoms in total. The van der Waals surface area contributed by atoms with E-state index in [9.17, 15) is 4.79 Å². The summed E-state index contributed by atoms with van der Waals surface area (Å²) in [4.78, 5) is 17.6. The van der Waals surface area contributed by atoms with Gasteiger partial charge < -0.3 is 14.4 Å². The maximum absolute atomic E-state index is 13.1. The summed E-state index contributed by atoms with van der Waals surface area (Å²) in [6.45, 7) is 3.41. The molecule has 146 valence electrons. The van der Waals surface area contributed by atoms with Gasteiger partial charge in [-0.2, -0.15) is 0 Å². The number of methoxy groups -OCH3 is 1. The molecule has 3 aliphatic rings. The highest BCUT2D eigenvalue weighted by Gasteiger charge is 2.47. The number of amides is 1. The average Bonchev–Trinajstić information content (AvgIpc) is 3.41. The van der Waals surface area contributed by atoms with Crippen LogP contribution in [-0.4, -0.2) is 56.1 Å². The third-order valence-corrected chi connectivity index (χ3v) is 6.58. The minimum Gasteiger partial charge on any atom is -0.497 e. The van der Waals surface area contributed by atoms with Crippen LogP contribution in [0.25, 0.3) is 0 Å². The molecule has 0 radical (unpaired) electrons. The topological polar surface area (TPSA) is 42.0 Å². The largest absolute Gasteiger partial charge is 0.497 e. The van der Waals surface area contributed by atoms with Gasteiger partial charge in [-0.05, 0) is 54.4 Å². The van der Waals surface area contributed by atoms with Gasteiger partial charge in [-0.15, -0.1) is 0 Å². The Bertz CT molecular complexity index is 895. The summed E-state index contributed by atoms with van der Waals surface area (Å²) in [6.07, 6.45) is 0.895. The molecule has 2 fully saturated rings. The van der Waals surface area contributed by atoms with E-state index in [4.69, 9.17) is 9.47 Å². The van der Waals surface area contributed by atoms with Crippen molar-refractivity contribution in [1.82, 2.24) is 9.80 Å². The Morgan fingerprint density at radius 3 is 2.71 bits per heavy atom. The lowest BCUT2D eigenvalue weighted by Crippen LogP contribution is -2.33. The molecule has 2 aromatic carbocycles. The first-order valence-corrected chi connectivity index (χ1v) is 10.0. The third kappa shape index (κ3) is 2.85. The number of carbonyl (C=O) groups excluding carboxylic acids is 1. The number of hydrogen-bond acceptors (Lipinski definition) is 4. The van der Waals surface area contributed by atoms with E-state index in [1.807, 2.05) is 30.3 Å². The lowest BCUT2D eigenvalue weighted by atomic mass is 9.89. The summed E-state index contributed by atoms with van der Waals surface area (Å²) in [5.41, 5.74) is 3.25. The number of benzene rings is 2. The number of hydrogen-bond donors (Lipinski definition) is 0. The van der Waals surface area contributed by atoms with E-state index in [-0.39, 0.29) is 5.91 Å². The van der Waals surface area contributed by atoms with Gasteiger partial charge in [-0.3, -0.25) is 9.69 Å². The monoisotopic (exact) mass is 378 g/mol. The van der Waals surface area contributed by atoms with Crippen molar-refractivity contribution in [3.63, 3.8) is 0 Å². The van der Waals surface area contributed by atoms with Crippen LogP contribution in [0.15, 0.2) is 42.5 Å². The summed E-state index contributed by atoms with van der Waals surface area (Å²) in [5, 5.41) is 0. The fraction of sp³-hybridized carbons (Fsp3) is 0.435. The zero-order chi connectivity index (χ0) is 19.3. The Kier molecular flexibility index (Phi) is 4.27. The highest BCUT2D eigenvalue weighted by molar-refractivity contribution is 5.95. The van der Waals surface area contributed by atoms with Gasteiger partial charge in [0.2, 0.25) is 0 Å². The highest BCUT2D eigenvalue weighted by atomic mass is 16.5. The number of rotatable bonds is 3. The van der Waals surface area contributed by atoms with Crippen LogP contribution in [-0.2, 0) is 6.42 Å². The molecule has 0 N–H and O–H groups in total. The first-order chi connectivity index (χ1) is 13.6. The molecular weight excluding hydrogens is 352 g/mol. The van der Waals surface area contributed by atoms with Crippen molar-refractivity contribution in [3.8, 4) is 11.5 Å². The van der Waals surface area contributed by atoms with Crippen molar-refractivity contribution >= 4 is 5.91 Å². The zero-order valence-corrected chi connectivity index (χ0v) is 16.4. The van der Waals surface area contributed by atoms with E-state index < -0.39 is 0 Å². The molecule has 0 saturated carbocycles. The number of carbonyl (C=O) groups is 1. The smallest absolute Gasteiger partial charge is 0.253 e. The summed E-state index contributed by atoms with van der Waals surface area (Å²) in [6, 6.07) is 14.6. The van der Waals surface area contributed by atoms with Crippen LogP contribution in [0.1, 0.15) is 27.5 Å². The maximum Gasteiger partial charge on any atom is 0.253 e. The van der Waals surface area contributed by atoms with E-state index >= 15 is 0 Å². The van der Waals surface area contributed by atoms with Crippen molar-refractivity contribution in [3.05, 3.63) is 59.2 Å². The Morgan fingerprint density at radius 2 is 1.93 bits per heavy atom. The van der Waals surface area contributed by atoms with Crippen molar-refractivity contribution < 1.29 is 14.3 Å². The molecule has 0 aliphatic carbocycles. The number of likely N-dealkylation sites (tertiary alicyclic amines) is 2. The van der Waals surface area contributed by atoms with Crippen LogP contribution in [0.5, 0.6) is 11.5 Å². The van der Waals surface area contributed by atoms with Gasteiger partial charge in [-0.25, -0.2) is 0 Å². The molecular formula is C23H26N2O3. The molecule has 2 saturated heterocycles. The molecule has 0 spiro atoms. The zero-order valence-electron chi connectivity index (χ0n) is 16.4. The molecule has 3 atom stereocenters. The van der Waals surface area contributed by atoms with Crippen LogP contribution in [0, 0.1) is 11.8 Å². The minimum absolute atomic E-state index is 0.153. The molecule has 3 aliphatic heterocycles. The Morgan fingerprint density at radius 1 is 1.11 bits per heavy atom. The fourth-order valence-electron chi connectivity index (χ4n) is 5.23. The van der Waals surface area contributed by atoms with Gasteiger partial charge in [0.15, 0.2) is 0 Å². The van der Waals surface area contributed by atoms with E-state index in [0.717, 1.165) is 55.3 Å². The average molecular weight is 378 g/mol. The first kappa shape index (κ1) is 17.6. The van der Waals surface area contributed by atoms with Crippen LogP contribution in [0.2, 0.25) is 0 Å². The van der Waals surface area contributed by atoms with Gasteiger partial charge >= 0.3 is 0 Å². The van der Waals surface area contributed by atoms with Crippen molar-refractivity contribution in [2.75, 3.05) is 40.4 Å². The molecule has 5 heteroatoms. The summed E-state index contributed by atoms with van der Waals surface area (Å²) < 4.78 is 10.9. The minimum atomic E-state index is 0.153. The lowest BCUT2D eigenvalue weighted by Gasteiger charge is -2.27. The first-order valence-electron chi connectivity index (χ1n) is 10.0. The number of ether oxygens (including phenoxy) is 2. The molecule has 0 unspecified atom stereocenters. The Hall–Kier alpha value is -2.53. The Labute approximate surface area is 165 Å². The maximum atomic E-state index is 13.1. The molecule has 0 bridgehead atoms. The van der Waals surface area contributed by atoms with Gasteiger partial charge in [0.25, 0.3) is 5.91 Å². The number of fused-ring (bicyclic) bond motifs is 2. The quantitative estimate of drug-likeness (QED) is 0.823. The normalized spacial score (nSPS) is 26.1. The molecule has 1 amide bonds. The predicted molar refractivity (Wildman–Crippen MR) is 107 cm³/mol. The number of nitrogens with zero attached hydrogens (tertiary/aromatic N) is 2. The SMILES string of the molecule is COc1ccc([C@@H]2[C@@H]3CN(C(=O)c4ccc5c(c4)CCO5)C[C@@H]3CN2C)cc1. The van der Waals surface area contributed by atoms with Gasteiger partial charge in [0.1, 0.15) is 11.5 Å². The summed E-state index contributed by atoms with van der Waals surface area (Å²) in [7, 11) is 3.89. The second-order valence-corrected chi connectivity index (χ2v) is 8.21. The van der Waals surface area contributed by atoms with E-state index in [1.54, 1.807) is 7.11 Å². The van der Waals surface area contributed by atoms with Crippen LogP contribution >= 0.6 is 0 Å². The van der Waals surface area contributed by atoms with Crippen LogP contribution in [0.4, 0.5) is 0 Å². The summed E-state index contributed by atoms with van der Waals surface area (Å²) >= 11 is 0. The van der Waals surface area contributed by atoms with Crippen molar-refractivity contribution in [2.24, 2.45) is 11.8 Å². The molecule has 2 aromatic rings. The molecule has 3 heterocycles. The van der Waals surface area contributed by atoms with Crippen molar-refractivity contribution in [2.45, 2.75) is 12.5 Å². The van der Waals surface area contributed by atoms with E-state index in [1.165, 1.54) is 5.56 Å². The van der Waals surface area contributed by atoms with Crippen molar-refractivity contribution in [1.29, 1.82) is 0 Å². The predicted octanol–water partition coefficient (Wildman–Crippen LogP) is 3.01. The Balaban J connectivity index is 1.35. The van der Waals surface area contributed by atoms with E-state index in [2.05, 4.69) is 29.0 Å². The van der Waals surface area contributed by atoms with E-state index in [0.29, 0.717) is 17.9 Å². The van der Waals surface area contributed by atoms with Gasteiger partial charge in [0, 0.05) is 43.6 Å². The lowest BCUT2D eigenvalue weighted by molar-refractivity contribution is 0.0768. The molecule has 5 rings (SSSR count). The van der Waals surface area contributed by atoms with Gasteiger partial charge in [0.05, 0.1) is 13.7 Å². The molecule has 28 heavy (non-hydrogen) atoms. The second-order valence-electron chi connectivity index (χ2n) is 8.21. The second kappa shape index (κ2) is 6.82. The van der Waals surface area contributed by atoms with Crippen LogP contribution in [0.3, 0.4) is 0 Å². The highest BCUT2D eigenvalue weighted by Crippen LogP contribution is 2.44. The summed E-state index contributed by atoms with van der Waals surface area (Å²) in [5.74, 6) is 2.96.